The Bertz CT molecular complexity index is 961. The Morgan fingerprint density at radius 1 is 1.18 bits per heavy atom. The Balaban J connectivity index is 2.34. The van der Waals surface area contributed by atoms with Crippen LogP contribution < -0.4 is 9.62 Å². The van der Waals surface area contributed by atoms with Crippen LogP contribution in [0, 0.1) is 5.82 Å². The number of anilines is 2. The summed E-state index contributed by atoms with van der Waals surface area (Å²) >= 11 is 0. The molecule has 2 rings (SSSR count). The fourth-order valence-electron chi connectivity index (χ4n) is 2.72. The maximum Gasteiger partial charge on any atom is 0.337 e. The first-order chi connectivity index (χ1) is 13.2. The van der Waals surface area contributed by atoms with E-state index in [1.807, 2.05) is 0 Å². The van der Waals surface area contributed by atoms with Gasteiger partial charge < -0.3 is 10.1 Å². The van der Waals surface area contributed by atoms with E-state index in [2.05, 4.69) is 10.1 Å². The van der Waals surface area contributed by atoms with E-state index in [1.165, 1.54) is 31.4 Å². The highest BCUT2D eigenvalue weighted by Gasteiger charge is 2.31. The molecule has 0 heterocycles. The second kappa shape index (κ2) is 8.83. The highest BCUT2D eigenvalue weighted by molar-refractivity contribution is 7.92. The van der Waals surface area contributed by atoms with Gasteiger partial charge in [0, 0.05) is 5.69 Å². The van der Waals surface area contributed by atoms with Crippen LogP contribution in [-0.2, 0) is 19.6 Å². The monoisotopic (exact) mass is 408 g/mol. The third kappa shape index (κ3) is 5.07. The third-order valence-electron chi connectivity index (χ3n) is 3.96. The number of nitrogens with one attached hydrogen (secondary N) is 1. The molecule has 0 aliphatic heterocycles. The quantitative estimate of drug-likeness (QED) is 0.711. The minimum Gasteiger partial charge on any atom is -0.465 e. The Morgan fingerprint density at radius 2 is 1.82 bits per heavy atom. The summed E-state index contributed by atoms with van der Waals surface area (Å²) in [7, 11) is -2.59. The van der Waals surface area contributed by atoms with Crippen molar-refractivity contribution in [1.82, 2.24) is 0 Å². The molecule has 0 unspecified atom stereocenters. The molecule has 9 heteroatoms. The number of rotatable bonds is 7. The molecular formula is C19H21FN2O5S. The average molecular weight is 408 g/mol. The molecule has 2 aromatic carbocycles. The van der Waals surface area contributed by atoms with Gasteiger partial charge in [-0.1, -0.05) is 13.0 Å². The molecule has 2 aromatic rings. The molecule has 0 aliphatic rings. The van der Waals surface area contributed by atoms with Crippen LogP contribution in [0.5, 0.6) is 0 Å². The van der Waals surface area contributed by atoms with Gasteiger partial charge in [0.1, 0.15) is 11.9 Å². The predicted octanol–water partition coefficient (Wildman–Crippen LogP) is 2.80. The van der Waals surface area contributed by atoms with Crippen LogP contribution in [-0.4, -0.2) is 39.7 Å². The van der Waals surface area contributed by atoms with Crippen molar-refractivity contribution in [2.45, 2.75) is 19.4 Å². The maximum atomic E-state index is 13.2. The molecule has 1 amide bonds. The first-order valence-electron chi connectivity index (χ1n) is 8.41. The molecule has 0 saturated carbocycles. The molecule has 1 atom stereocenters. The van der Waals surface area contributed by atoms with Gasteiger partial charge in [0.15, 0.2) is 0 Å². The molecular weight excluding hydrogens is 387 g/mol. The lowest BCUT2D eigenvalue weighted by Crippen LogP contribution is -2.47. The lowest BCUT2D eigenvalue weighted by molar-refractivity contribution is -0.117. The summed E-state index contributed by atoms with van der Waals surface area (Å²) in [5.74, 6) is -1.67. The summed E-state index contributed by atoms with van der Waals surface area (Å²) in [5, 5.41) is 2.62. The van der Waals surface area contributed by atoms with E-state index < -0.39 is 33.8 Å². The van der Waals surface area contributed by atoms with Crippen LogP contribution in [0.25, 0.3) is 0 Å². The largest absolute Gasteiger partial charge is 0.465 e. The molecule has 0 radical (unpaired) electrons. The molecule has 0 aromatic heterocycles. The van der Waals surface area contributed by atoms with Gasteiger partial charge in [-0.15, -0.1) is 0 Å². The van der Waals surface area contributed by atoms with Gasteiger partial charge in [-0.05, 0) is 48.9 Å². The smallest absolute Gasteiger partial charge is 0.337 e. The van der Waals surface area contributed by atoms with Gasteiger partial charge in [0.25, 0.3) is 0 Å². The molecule has 0 bridgehead atoms. The van der Waals surface area contributed by atoms with Crippen molar-refractivity contribution >= 4 is 33.3 Å². The number of benzene rings is 2. The van der Waals surface area contributed by atoms with E-state index in [0.29, 0.717) is 5.69 Å². The van der Waals surface area contributed by atoms with Gasteiger partial charge in [-0.2, -0.15) is 0 Å². The lowest BCUT2D eigenvalue weighted by Gasteiger charge is -2.30. The Hall–Kier alpha value is -2.94. The second-order valence-corrected chi connectivity index (χ2v) is 7.88. The average Bonchev–Trinajstić information content (AvgIpc) is 2.65. The fourth-order valence-corrected chi connectivity index (χ4v) is 3.93. The SMILES string of the molecule is CC[C@@H](C(=O)Nc1cccc(C(=O)OC)c1)N(c1ccc(F)cc1)S(C)(=O)=O. The molecule has 0 fully saturated rings. The Morgan fingerprint density at radius 3 is 2.36 bits per heavy atom. The normalized spacial score (nSPS) is 12.1. The fraction of sp³-hybridized carbons (Fsp3) is 0.263. The molecule has 0 aliphatic carbocycles. The topological polar surface area (TPSA) is 92.8 Å². The predicted molar refractivity (Wildman–Crippen MR) is 104 cm³/mol. The van der Waals surface area contributed by atoms with Crippen LogP contribution in [0.4, 0.5) is 15.8 Å². The highest BCUT2D eigenvalue weighted by Crippen LogP contribution is 2.24. The number of methoxy groups -OCH3 is 1. The number of carbonyl (C=O) groups is 2. The van der Waals surface area contributed by atoms with Crippen LogP contribution >= 0.6 is 0 Å². The number of nitrogens with zero attached hydrogens (tertiary/aromatic N) is 1. The Kier molecular flexibility index (Phi) is 6.74. The zero-order valence-electron chi connectivity index (χ0n) is 15.7. The first kappa shape index (κ1) is 21.4. The molecule has 1 N–H and O–H groups in total. The molecule has 0 spiro atoms. The first-order valence-corrected chi connectivity index (χ1v) is 10.3. The number of amides is 1. The van der Waals surface area contributed by atoms with E-state index in [0.717, 1.165) is 22.7 Å². The summed E-state index contributed by atoms with van der Waals surface area (Å²) in [6, 6.07) is 9.86. The van der Waals surface area contributed by atoms with Gasteiger partial charge in [-0.25, -0.2) is 17.6 Å². The number of hydrogen-bond acceptors (Lipinski definition) is 5. The van der Waals surface area contributed by atoms with E-state index in [9.17, 15) is 22.4 Å². The van der Waals surface area contributed by atoms with Crippen molar-refractivity contribution < 1.29 is 27.1 Å². The van der Waals surface area contributed by atoms with Crippen molar-refractivity contribution in [3.63, 3.8) is 0 Å². The summed E-state index contributed by atoms with van der Waals surface area (Å²) in [5.41, 5.74) is 0.736. The number of halogens is 1. The zero-order valence-corrected chi connectivity index (χ0v) is 16.5. The van der Waals surface area contributed by atoms with E-state index in [4.69, 9.17) is 0 Å². The summed E-state index contributed by atoms with van der Waals surface area (Å²) in [6.45, 7) is 1.66. The third-order valence-corrected chi connectivity index (χ3v) is 5.14. The van der Waals surface area contributed by atoms with Crippen molar-refractivity contribution in [2.24, 2.45) is 0 Å². The van der Waals surface area contributed by atoms with E-state index in [-0.39, 0.29) is 17.7 Å². The number of ether oxygens (including phenoxy) is 1. The zero-order chi connectivity index (χ0) is 20.9. The minimum atomic E-state index is -3.83. The molecule has 28 heavy (non-hydrogen) atoms. The van der Waals surface area contributed by atoms with Crippen LogP contribution in [0.2, 0.25) is 0 Å². The van der Waals surface area contributed by atoms with E-state index in [1.54, 1.807) is 19.1 Å². The van der Waals surface area contributed by atoms with Crippen molar-refractivity contribution in [2.75, 3.05) is 23.0 Å². The van der Waals surface area contributed by atoms with E-state index >= 15 is 0 Å². The van der Waals surface area contributed by atoms with Crippen molar-refractivity contribution in [3.05, 3.63) is 59.9 Å². The van der Waals surface area contributed by atoms with Crippen molar-refractivity contribution in [3.8, 4) is 0 Å². The standard InChI is InChI=1S/C19H21FN2O5S/c1-4-17(22(28(3,25)26)16-10-8-14(20)9-11-16)18(23)21-15-7-5-6-13(12-15)19(24)27-2/h5-12,17H,4H2,1-3H3,(H,21,23)/t17-/m0/s1. The Labute approximate surface area is 163 Å². The summed E-state index contributed by atoms with van der Waals surface area (Å²) in [6.07, 6.45) is 1.15. The number of carbonyl (C=O) groups excluding carboxylic acids is 2. The van der Waals surface area contributed by atoms with Gasteiger partial charge >= 0.3 is 5.97 Å². The van der Waals surface area contributed by atoms with Crippen LogP contribution in [0.1, 0.15) is 23.7 Å². The van der Waals surface area contributed by atoms with Crippen LogP contribution in [0.3, 0.4) is 0 Å². The van der Waals surface area contributed by atoms with Gasteiger partial charge in [0.2, 0.25) is 15.9 Å². The number of esters is 1. The van der Waals surface area contributed by atoms with Gasteiger partial charge in [0.05, 0.1) is 24.6 Å². The molecule has 150 valence electrons. The molecule has 7 nitrogen and oxygen atoms in total. The number of sulfonamides is 1. The minimum absolute atomic E-state index is 0.174. The summed E-state index contributed by atoms with van der Waals surface area (Å²) < 4.78 is 43.5. The highest BCUT2D eigenvalue weighted by atomic mass is 32.2. The summed E-state index contributed by atoms with van der Waals surface area (Å²) in [4.78, 5) is 24.5. The maximum absolute atomic E-state index is 13.2. The number of hydrogen-bond donors (Lipinski definition) is 1. The van der Waals surface area contributed by atoms with Gasteiger partial charge in [-0.3, -0.25) is 9.10 Å². The lowest BCUT2D eigenvalue weighted by atomic mass is 10.1. The second-order valence-electron chi connectivity index (χ2n) is 6.02. The molecule has 0 saturated heterocycles. The van der Waals surface area contributed by atoms with Crippen LogP contribution in [0.15, 0.2) is 48.5 Å². The van der Waals surface area contributed by atoms with Crippen molar-refractivity contribution in [1.29, 1.82) is 0 Å².